The highest BCUT2D eigenvalue weighted by Crippen LogP contribution is 2.33. The molecule has 0 saturated heterocycles. The molecule has 146 valence electrons. The Labute approximate surface area is 166 Å². The fourth-order valence-corrected chi connectivity index (χ4v) is 3.17. The van der Waals surface area contributed by atoms with Crippen molar-refractivity contribution >= 4 is 18.6 Å². The number of nitrogens with two attached hydrogens (primary N) is 2. The molecule has 1 aromatic carbocycles. The summed E-state index contributed by atoms with van der Waals surface area (Å²) in [6, 6.07) is 8.05. The van der Waals surface area contributed by atoms with Gasteiger partial charge in [-0.15, -0.1) is 0 Å². The standard InChI is InChI=1S/C21H29N3O2S/c1-12(2)9-17-16(10-22)20(15-7-5-13(3)6-8-15)19(14(4)24-17)21(25)26-11-18(23)27/h5-8,12,18,27H,9-11,22-23H2,1-4H3. The number of ether oxygens (including phenoxy) is 1. The molecule has 27 heavy (non-hydrogen) atoms. The van der Waals surface area contributed by atoms with Gasteiger partial charge in [0.1, 0.15) is 6.61 Å². The maximum Gasteiger partial charge on any atom is 0.340 e. The molecule has 5 nitrogen and oxygen atoms in total. The Hall–Kier alpha value is -1.89. The van der Waals surface area contributed by atoms with E-state index in [1.165, 1.54) is 0 Å². The van der Waals surface area contributed by atoms with Gasteiger partial charge in [0.25, 0.3) is 0 Å². The summed E-state index contributed by atoms with van der Waals surface area (Å²) in [6.07, 6.45) is 0.795. The van der Waals surface area contributed by atoms with Crippen LogP contribution in [0.1, 0.15) is 46.7 Å². The molecule has 0 aliphatic carbocycles. The summed E-state index contributed by atoms with van der Waals surface area (Å²) in [7, 11) is 0. The van der Waals surface area contributed by atoms with Crippen LogP contribution >= 0.6 is 12.6 Å². The smallest absolute Gasteiger partial charge is 0.340 e. The van der Waals surface area contributed by atoms with Crippen molar-refractivity contribution in [1.29, 1.82) is 0 Å². The van der Waals surface area contributed by atoms with Gasteiger partial charge in [0.05, 0.1) is 16.6 Å². The van der Waals surface area contributed by atoms with E-state index in [4.69, 9.17) is 21.2 Å². The minimum atomic E-state index is -0.528. The van der Waals surface area contributed by atoms with Crippen LogP contribution < -0.4 is 11.5 Å². The quantitative estimate of drug-likeness (QED) is 0.385. The summed E-state index contributed by atoms with van der Waals surface area (Å²) >= 11 is 4.08. The van der Waals surface area contributed by atoms with Crippen LogP contribution in [0.5, 0.6) is 0 Å². The molecule has 1 heterocycles. The van der Waals surface area contributed by atoms with Crippen LogP contribution in [0.2, 0.25) is 0 Å². The van der Waals surface area contributed by atoms with E-state index in [1.807, 2.05) is 38.1 Å². The zero-order valence-corrected chi connectivity index (χ0v) is 17.3. The lowest BCUT2D eigenvalue weighted by Gasteiger charge is -2.20. The predicted octanol–water partition coefficient (Wildman–Crippen LogP) is 3.39. The van der Waals surface area contributed by atoms with Gasteiger partial charge in [0.15, 0.2) is 0 Å². The first-order valence-electron chi connectivity index (χ1n) is 9.14. The van der Waals surface area contributed by atoms with Crippen molar-refractivity contribution in [3.8, 4) is 11.1 Å². The maximum absolute atomic E-state index is 12.8. The largest absolute Gasteiger partial charge is 0.459 e. The molecule has 4 N–H and O–H groups in total. The highest BCUT2D eigenvalue weighted by molar-refractivity contribution is 7.80. The van der Waals surface area contributed by atoms with Gasteiger partial charge in [-0.2, -0.15) is 12.6 Å². The van der Waals surface area contributed by atoms with Crippen molar-refractivity contribution in [2.45, 2.75) is 46.0 Å². The second-order valence-electron chi connectivity index (χ2n) is 7.21. The number of aryl methyl sites for hydroxylation is 2. The Kier molecular flexibility index (Phi) is 7.41. The maximum atomic E-state index is 12.8. The van der Waals surface area contributed by atoms with Crippen molar-refractivity contribution in [2.24, 2.45) is 17.4 Å². The zero-order chi connectivity index (χ0) is 20.1. The van der Waals surface area contributed by atoms with Crippen LogP contribution in [0.25, 0.3) is 11.1 Å². The molecule has 0 aliphatic rings. The van der Waals surface area contributed by atoms with Crippen molar-refractivity contribution in [1.82, 2.24) is 4.98 Å². The Morgan fingerprint density at radius 1 is 1.22 bits per heavy atom. The SMILES string of the molecule is Cc1ccc(-c2c(CN)c(CC(C)C)nc(C)c2C(=O)OCC(N)S)cc1. The molecule has 0 saturated carbocycles. The molecule has 0 fully saturated rings. The number of carbonyl (C=O) groups is 1. The fourth-order valence-electron chi connectivity index (χ4n) is 3.10. The van der Waals surface area contributed by atoms with E-state index in [2.05, 4.69) is 26.5 Å². The zero-order valence-electron chi connectivity index (χ0n) is 16.5. The van der Waals surface area contributed by atoms with E-state index in [0.29, 0.717) is 23.7 Å². The van der Waals surface area contributed by atoms with Gasteiger partial charge >= 0.3 is 5.97 Å². The summed E-state index contributed by atoms with van der Waals surface area (Å²) in [5, 5.41) is -0.528. The van der Waals surface area contributed by atoms with Gasteiger partial charge < -0.3 is 16.2 Å². The Balaban J connectivity index is 2.70. The van der Waals surface area contributed by atoms with E-state index >= 15 is 0 Å². The number of rotatable bonds is 7. The number of pyridine rings is 1. The topological polar surface area (TPSA) is 91.2 Å². The lowest BCUT2D eigenvalue weighted by molar-refractivity contribution is 0.0507. The molecular formula is C21H29N3O2S. The monoisotopic (exact) mass is 387 g/mol. The molecule has 0 radical (unpaired) electrons. The molecule has 1 unspecified atom stereocenters. The first-order valence-corrected chi connectivity index (χ1v) is 9.66. The summed E-state index contributed by atoms with van der Waals surface area (Å²) in [5.41, 5.74) is 17.5. The molecule has 2 aromatic rings. The van der Waals surface area contributed by atoms with Crippen LogP contribution in [0.3, 0.4) is 0 Å². The number of esters is 1. The molecule has 2 rings (SSSR count). The third kappa shape index (κ3) is 5.31. The average Bonchev–Trinajstić information content (AvgIpc) is 2.59. The molecule has 0 bridgehead atoms. The number of hydrogen-bond acceptors (Lipinski definition) is 6. The Morgan fingerprint density at radius 3 is 2.37 bits per heavy atom. The number of aromatic nitrogens is 1. The first-order chi connectivity index (χ1) is 12.7. The van der Waals surface area contributed by atoms with E-state index in [-0.39, 0.29) is 6.61 Å². The molecule has 1 aromatic heterocycles. The van der Waals surface area contributed by atoms with Gasteiger partial charge in [-0.3, -0.25) is 4.98 Å². The number of nitrogens with zero attached hydrogens (tertiary/aromatic N) is 1. The fraction of sp³-hybridized carbons (Fsp3) is 0.429. The van der Waals surface area contributed by atoms with Crippen molar-refractivity contribution in [3.05, 3.63) is 52.3 Å². The second-order valence-corrected chi connectivity index (χ2v) is 7.87. The molecular weight excluding hydrogens is 358 g/mol. The molecule has 0 aliphatic heterocycles. The van der Waals surface area contributed by atoms with E-state index < -0.39 is 11.3 Å². The number of carbonyl (C=O) groups excluding carboxylic acids is 1. The van der Waals surface area contributed by atoms with Crippen LogP contribution in [0, 0.1) is 19.8 Å². The van der Waals surface area contributed by atoms with Crippen molar-refractivity contribution < 1.29 is 9.53 Å². The minimum Gasteiger partial charge on any atom is -0.459 e. The van der Waals surface area contributed by atoms with Gasteiger partial charge in [-0.25, -0.2) is 4.79 Å². The third-order valence-corrected chi connectivity index (χ3v) is 4.45. The third-order valence-electron chi connectivity index (χ3n) is 4.30. The minimum absolute atomic E-state index is 0.0282. The predicted molar refractivity (Wildman–Crippen MR) is 113 cm³/mol. The van der Waals surface area contributed by atoms with Gasteiger partial charge in [-0.05, 0) is 37.3 Å². The first kappa shape index (κ1) is 21.4. The Morgan fingerprint density at radius 2 is 1.85 bits per heavy atom. The number of thiol groups is 1. The highest BCUT2D eigenvalue weighted by atomic mass is 32.1. The van der Waals surface area contributed by atoms with Crippen LogP contribution in [-0.4, -0.2) is 22.9 Å². The summed E-state index contributed by atoms with van der Waals surface area (Å²) in [5.74, 6) is -0.0288. The molecule has 1 atom stereocenters. The second kappa shape index (κ2) is 9.35. The van der Waals surface area contributed by atoms with Crippen LogP contribution in [0.4, 0.5) is 0 Å². The Bertz CT molecular complexity index is 802. The molecule has 0 spiro atoms. The van der Waals surface area contributed by atoms with E-state index in [9.17, 15) is 4.79 Å². The summed E-state index contributed by atoms with van der Waals surface area (Å²) in [6.45, 7) is 8.46. The number of benzene rings is 1. The summed E-state index contributed by atoms with van der Waals surface area (Å²) in [4.78, 5) is 17.5. The molecule has 6 heteroatoms. The lowest BCUT2D eigenvalue weighted by atomic mass is 9.90. The average molecular weight is 388 g/mol. The molecule has 0 amide bonds. The van der Waals surface area contributed by atoms with Crippen molar-refractivity contribution in [2.75, 3.05) is 6.61 Å². The van der Waals surface area contributed by atoms with Gasteiger partial charge in [0.2, 0.25) is 0 Å². The number of hydrogen-bond donors (Lipinski definition) is 3. The van der Waals surface area contributed by atoms with Gasteiger partial charge in [-0.1, -0.05) is 43.7 Å². The van der Waals surface area contributed by atoms with Gasteiger partial charge in [0, 0.05) is 17.8 Å². The van der Waals surface area contributed by atoms with Crippen LogP contribution in [-0.2, 0) is 17.7 Å². The normalized spacial score (nSPS) is 12.3. The van der Waals surface area contributed by atoms with E-state index in [0.717, 1.165) is 34.4 Å². The lowest BCUT2D eigenvalue weighted by Crippen LogP contribution is -2.23. The van der Waals surface area contributed by atoms with Crippen LogP contribution in [0.15, 0.2) is 24.3 Å². The van der Waals surface area contributed by atoms with E-state index in [1.54, 1.807) is 0 Å². The highest BCUT2D eigenvalue weighted by Gasteiger charge is 2.24. The van der Waals surface area contributed by atoms with Crippen molar-refractivity contribution in [3.63, 3.8) is 0 Å². The summed E-state index contributed by atoms with van der Waals surface area (Å²) < 4.78 is 5.36.